The van der Waals surface area contributed by atoms with Crippen molar-refractivity contribution in [3.05, 3.63) is 12.2 Å². The van der Waals surface area contributed by atoms with Crippen molar-refractivity contribution in [1.82, 2.24) is 9.80 Å². The van der Waals surface area contributed by atoms with Crippen molar-refractivity contribution >= 4 is 28.4 Å². The van der Waals surface area contributed by atoms with Crippen LogP contribution in [0.15, 0.2) is 12.2 Å². The van der Waals surface area contributed by atoms with Crippen LogP contribution in [0.5, 0.6) is 0 Å². The van der Waals surface area contributed by atoms with Gasteiger partial charge in [-0.15, -0.1) is 11.6 Å². The highest BCUT2D eigenvalue weighted by Gasteiger charge is 2.53. The highest BCUT2D eigenvalue weighted by molar-refractivity contribution is 6.64. The topological polar surface area (TPSA) is 23.6 Å². The Hall–Kier alpha value is -0.230. The maximum atomic E-state index is 13.7. The molecule has 0 spiro atoms. The molecule has 0 aromatic heterocycles. The molecule has 1 aliphatic heterocycles. The van der Waals surface area contributed by atoms with Crippen LogP contribution >= 0.6 is 23.2 Å². The van der Waals surface area contributed by atoms with Gasteiger partial charge in [0.25, 0.3) is 5.92 Å². The molecule has 0 bridgehead atoms. The predicted octanol–water partition coefficient (Wildman–Crippen LogP) is 2.53. The zero-order chi connectivity index (χ0) is 15.1. The molecule has 0 aromatic rings. The fourth-order valence-corrected chi connectivity index (χ4v) is 3.64. The molecule has 1 aliphatic carbocycles. The van der Waals surface area contributed by atoms with Gasteiger partial charge in [-0.2, -0.15) is 0 Å². The standard InChI is InChI=1S/C13H18Cl2F2N2O/c1-9-7-19(6-5-18(9)2)13(15)8-12(16,17)4-3-10(13)11(14)20/h3-4,9-10H,5-8H2,1-2H3/t9?,10-,13?/m1/s1. The number of hydrogen-bond donors (Lipinski definition) is 0. The first-order chi connectivity index (χ1) is 9.16. The summed E-state index contributed by atoms with van der Waals surface area (Å²) in [6.45, 7) is 3.79. The van der Waals surface area contributed by atoms with E-state index < -0.39 is 28.5 Å². The summed E-state index contributed by atoms with van der Waals surface area (Å²) in [6.07, 6.45) is 1.28. The van der Waals surface area contributed by atoms with Crippen molar-refractivity contribution in [3.8, 4) is 0 Å². The molecule has 0 N–H and O–H groups in total. The Bertz CT molecular complexity index is 433. The van der Waals surface area contributed by atoms with E-state index in [-0.39, 0.29) is 6.04 Å². The van der Waals surface area contributed by atoms with E-state index in [2.05, 4.69) is 4.90 Å². The molecule has 3 nitrogen and oxygen atoms in total. The van der Waals surface area contributed by atoms with Gasteiger partial charge in [-0.3, -0.25) is 9.69 Å². The maximum Gasteiger partial charge on any atom is 0.269 e. The highest BCUT2D eigenvalue weighted by Crippen LogP contribution is 2.46. The average molecular weight is 327 g/mol. The number of alkyl halides is 3. The molecule has 3 atom stereocenters. The van der Waals surface area contributed by atoms with Gasteiger partial charge >= 0.3 is 0 Å². The van der Waals surface area contributed by atoms with Crippen molar-refractivity contribution in [3.63, 3.8) is 0 Å². The second kappa shape index (κ2) is 5.52. The normalized spacial score (nSPS) is 38.9. The van der Waals surface area contributed by atoms with Crippen molar-refractivity contribution in [2.75, 3.05) is 26.7 Å². The largest absolute Gasteiger partial charge is 0.301 e. The molecule has 2 aliphatic rings. The molecule has 2 unspecified atom stereocenters. The van der Waals surface area contributed by atoms with Gasteiger partial charge in [-0.05, 0) is 31.6 Å². The summed E-state index contributed by atoms with van der Waals surface area (Å²) < 4.78 is 27.4. The lowest BCUT2D eigenvalue weighted by atomic mass is 9.86. The second-order valence-electron chi connectivity index (χ2n) is 5.67. The van der Waals surface area contributed by atoms with Crippen molar-refractivity contribution in [2.24, 2.45) is 5.92 Å². The van der Waals surface area contributed by atoms with Crippen LogP contribution < -0.4 is 0 Å². The number of hydrogen-bond acceptors (Lipinski definition) is 3. The lowest BCUT2D eigenvalue weighted by Gasteiger charge is -2.50. The first-order valence-electron chi connectivity index (χ1n) is 6.56. The molecule has 114 valence electrons. The molecule has 0 amide bonds. The molecule has 2 rings (SSSR count). The van der Waals surface area contributed by atoms with E-state index in [1.807, 2.05) is 14.0 Å². The number of carbonyl (C=O) groups excluding carboxylic acids is 1. The maximum absolute atomic E-state index is 13.7. The van der Waals surface area contributed by atoms with Gasteiger partial charge in [-0.1, -0.05) is 6.08 Å². The minimum absolute atomic E-state index is 0.185. The SMILES string of the molecule is CC1CN(C2(Cl)CC(F)(F)C=C[C@@H]2C(=O)Cl)CCN1C. The third kappa shape index (κ3) is 3.01. The molecule has 1 saturated heterocycles. The number of likely N-dealkylation sites (N-methyl/N-ethyl adjacent to an activating group) is 1. The first-order valence-corrected chi connectivity index (χ1v) is 7.32. The van der Waals surface area contributed by atoms with Crippen molar-refractivity contribution < 1.29 is 13.6 Å². The first kappa shape index (κ1) is 16.1. The Morgan fingerprint density at radius 1 is 1.40 bits per heavy atom. The van der Waals surface area contributed by atoms with Crippen LogP contribution in [-0.2, 0) is 4.79 Å². The minimum atomic E-state index is -3.02. The summed E-state index contributed by atoms with van der Waals surface area (Å²) >= 11 is 12.0. The number of halogens is 4. The monoisotopic (exact) mass is 326 g/mol. The molecule has 0 aromatic carbocycles. The van der Waals surface area contributed by atoms with Crippen LogP contribution in [0, 0.1) is 5.92 Å². The van der Waals surface area contributed by atoms with Crippen LogP contribution in [0.25, 0.3) is 0 Å². The summed E-state index contributed by atoms with van der Waals surface area (Å²) in [5, 5.41) is -0.696. The number of carbonyl (C=O) groups is 1. The molecule has 1 fully saturated rings. The Balaban J connectivity index is 2.29. The molecule has 0 radical (unpaired) electrons. The second-order valence-corrected chi connectivity index (χ2v) is 6.70. The predicted molar refractivity (Wildman–Crippen MR) is 75.3 cm³/mol. The van der Waals surface area contributed by atoms with E-state index >= 15 is 0 Å². The summed E-state index contributed by atoms with van der Waals surface area (Å²) in [5.41, 5.74) is 0. The molecule has 20 heavy (non-hydrogen) atoms. The number of nitrogens with zero attached hydrogens (tertiary/aromatic N) is 2. The van der Waals surface area contributed by atoms with E-state index in [0.717, 1.165) is 12.2 Å². The van der Waals surface area contributed by atoms with Gasteiger partial charge in [0.15, 0.2) is 0 Å². The van der Waals surface area contributed by atoms with E-state index in [9.17, 15) is 13.6 Å². The number of allylic oxidation sites excluding steroid dienone is 1. The Labute approximate surface area is 127 Å². The Morgan fingerprint density at radius 3 is 2.60 bits per heavy atom. The van der Waals surface area contributed by atoms with Crippen LogP contribution in [-0.4, -0.2) is 58.7 Å². The van der Waals surface area contributed by atoms with E-state index in [1.54, 1.807) is 4.90 Å². The summed E-state index contributed by atoms with van der Waals surface area (Å²) in [4.78, 5) is 14.0. The number of piperazine rings is 1. The molecule has 7 heteroatoms. The van der Waals surface area contributed by atoms with Crippen molar-refractivity contribution in [1.29, 1.82) is 0 Å². The summed E-state index contributed by atoms with van der Waals surface area (Å²) in [7, 11) is 1.97. The smallest absolute Gasteiger partial charge is 0.269 e. The van der Waals surface area contributed by atoms with Crippen LogP contribution in [0.3, 0.4) is 0 Å². The van der Waals surface area contributed by atoms with E-state index in [0.29, 0.717) is 19.6 Å². The Morgan fingerprint density at radius 2 is 2.05 bits per heavy atom. The fourth-order valence-electron chi connectivity index (χ4n) is 2.83. The molecule has 0 saturated carbocycles. The summed E-state index contributed by atoms with van der Waals surface area (Å²) in [6, 6.07) is 0.185. The zero-order valence-electron chi connectivity index (χ0n) is 11.5. The van der Waals surface area contributed by atoms with Gasteiger partial charge in [0.2, 0.25) is 5.24 Å². The summed E-state index contributed by atoms with van der Waals surface area (Å²) in [5.74, 6) is -3.93. The van der Waals surface area contributed by atoms with Gasteiger partial charge in [0, 0.05) is 32.1 Å². The fraction of sp³-hybridized carbons (Fsp3) is 0.769. The average Bonchev–Trinajstić information content (AvgIpc) is 2.30. The van der Waals surface area contributed by atoms with E-state index in [1.165, 1.54) is 0 Å². The lowest BCUT2D eigenvalue weighted by molar-refractivity contribution is -0.119. The van der Waals surface area contributed by atoms with Crippen molar-refractivity contribution in [2.45, 2.75) is 30.3 Å². The number of rotatable bonds is 2. The van der Waals surface area contributed by atoms with Gasteiger partial charge < -0.3 is 4.90 Å². The highest BCUT2D eigenvalue weighted by atomic mass is 35.5. The third-order valence-electron chi connectivity index (χ3n) is 4.22. The van der Waals surface area contributed by atoms with Crippen LogP contribution in [0.1, 0.15) is 13.3 Å². The zero-order valence-corrected chi connectivity index (χ0v) is 13.0. The quantitative estimate of drug-likeness (QED) is 0.337. The van der Waals surface area contributed by atoms with Gasteiger partial charge in [-0.25, -0.2) is 8.78 Å². The minimum Gasteiger partial charge on any atom is -0.301 e. The van der Waals surface area contributed by atoms with Gasteiger partial charge in [0.05, 0.1) is 5.92 Å². The molecular weight excluding hydrogens is 309 g/mol. The third-order valence-corrected chi connectivity index (χ3v) is 5.07. The van der Waals surface area contributed by atoms with E-state index in [4.69, 9.17) is 23.2 Å². The molecular formula is C13H18Cl2F2N2O. The van der Waals surface area contributed by atoms with Gasteiger partial charge in [0.1, 0.15) is 5.00 Å². The Kier molecular flexibility index (Phi) is 4.46. The van der Waals surface area contributed by atoms with Crippen LogP contribution in [0.4, 0.5) is 8.78 Å². The molecule has 1 heterocycles. The van der Waals surface area contributed by atoms with Crippen LogP contribution in [0.2, 0.25) is 0 Å². The lowest BCUT2D eigenvalue weighted by Crippen LogP contribution is -2.62.